The Labute approximate surface area is 250 Å². The molecule has 2 aromatic heterocycles. The highest BCUT2D eigenvalue weighted by molar-refractivity contribution is 6.10. The molecule has 0 spiro atoms. The van der Waals surface area contributed by atoms with Crippen molar-refractivity contribution in [3.8, 4) is 5.75 Å². The second-order valence-electron chi connectivity index (χ2n) is 10.4. The van der Waals surface area contributed by atoms with E-state index in [1.807, 2.05) is 24.3 Å². The van der Waals surface area contributed by atoms with Crippen molar-refractivity contribution < 1.29 is 32.5 Å². The van der Waals surface area contributed by atoms with Crippen molar-refractivity contribution in [1.82, 2.24) is 14.9 Å². The summed E-state index contributed by atoms with van der Waals surface area (Å²) in [5, 5.41) is 19.6. The standard InChI is InChI=1S/C31H29F3N6O4/c32-31(33,34)30(42)18-26(21-4-3-11-35-19-21)38-40(30)28-10-7-22(20-36-28)29(41)37-25-8-9-27(24-6-2-1-5-23(24)25)44-17-14-39-12-15-43-16-13-39/h1-11,19-20,42H,12-18H2,(H,37,41). The number of morpholine rings is 1. The minimum Gasteiger partial charge on any atom is -0.492 e. The highest BCUT2D eigenvalue weighted by atomic mass is 19.4. The van der Waals surface area contributed by atoms with E-state index in [9.17, 15) is 23.1 Å². The number of halogens is 3. The molecule has 228 valence electrons. The van der Waals surface area contributed by atoms with Crippen LogP contribution in [0.2, 0.25) is 0 Å². The highest BCUT2D eigenvalue weighted by Crippen LogP contribution is 2.43. The number of aromatic nitrogens is 2. The Morgan fingerprint density at radius 2 is 1.82 bits per heavy atom. The number of rotatable bonds is 8. The van der Waals surface area contributed by atoms with Crippen LogP contribution in [0.25, 0.3) is 10.8 Å². The lowest BCUT2D eigenvalue weighted by Crippen LogP contribution is -2.55. The van der Waals surface area contributed by atoms with Crippen molar-refractivity contribution in [3.05, 3.63) is 90.4 Å². The van der Waals surface area contributed by atoms with E-state index in [2.05, 4.69) is 25.3 Å². The summed E-state index contributed by atoms with van der Waals surface area (Å²) >= 11 is 0. The third-order valence-electron chi connectivity index (χ3n) is 7.56. The van der Waals surface area contributed by atoms with E-state index in [4.69, 9.17) is 9.47 Å². The van der Waals surface area contributed by atoms with Crippen molar-refractivity contribution in [3.63, 3.8) is 0 Å². The minimum absolute atomic E-state index is 0.00180. The maximum absolute atomic E-state index is 14.0. The molecule has 13 heteroatoms. The first-order valence-electron chi connectivity index (χ1n) is 14.0. The molecule has 0 bridgehead atoms. The number of amides is 1. The first-order valence-corrected chi connectivity index (χ1v) is 14.0. The van der Waals surface area contributed by atoms with Crippen LogP contribution in [0.1, 0.15) is 22.3 Å². The molecule has 4 aromatic rings. The Balaban J connectivity index is 1.18. The normalized spacial score (nSPS) is 19.2. The van der Waals surface area contributed by atoms with E-state index in [1.54, 1.807) is 24.3 Å². The molecule has 1 atom stereocenters. The zero-order chi connectivity index (χ0) is 30.7. The molecule has 1 saturated heterocycles. The highest BCUT2D eigenvalue weighted by Gasteiger charge is 2.62. The second-order valence-corrected chi connectivity index (χ2v) is 10.4. The summed E-state index contributed by atoms with van der Waals surface area (Å²) in [4.78, 5) is 23.4. The molecule has 0 saturated carbocycles. The summed E-state index contributed by atoms with van der Waals surface area (Å²) in [6, 6.07) is 16.7. The minimum atomic E-state index is -5.04. The van der Waals surface area contributed by atoms with Crippen molar-refractivity contribution in [1.29, 1.82) is 0 Å². The fourth-order valence-corrected chi connectivity index (χ4v) is 5.16. The summed E-state index contributed by atoms with van der Waals surface area (Å²) in [6.07, 6.45) is -1.86. The number of fused-ring (bicyclic) bond motifs is 1. The number of ether oxygens (including phenoxy) is 2. The number of benzene rings is 2. The number of hydrogen-bond donors (Lipinski definition) is 2. The number of anilines is 2. The molecule has 1 fully saturated rings. The lowest BCUT2D eigenvalue weighted by atomic mass is 10.0. The maximum Gasteiger partial charge on any atom is 0.438 e. The van der Waals surface area contributed by atoms with Crippen molar-refractivity contribution >= 4 is 33.9 Å². The summed E-state index contributed by atoms with van der Waals surface area (Å²) < 4.78 is 53.6. The monoisotopic (exact) mass is 606 g/mol. The first kappa shape index (κ1) is 29.5. The van der Waals surface area contributed by atoms with Crippen molar-refractivity contribution in [2.75, 3.05) is 49.8 Å². The van der Waals surface area contributed by atoms with Crippen LogP contribution >= 0.6 is 0 Å². The van der Waals surface area contributed by atoms with Crippen LogP contribution < -0.4 is 15.1 Å². The fourth-order valence-electron chi connectivity index (χ4n) is 5.16. The number of hydrazone groups is 1. The number of pyridine rings is 2. The van der Waals surface area contributed by atoms with E-state index in [-0.39, 0.29) is 17.1 Å². The molecule has 4 heterocycles. The zero-order valence-electron chi connectivity index (χ0n) is 23.5. The van der Waals surface area contributed by atoms with Crippen molar-refractivity contribution in [2.24, 2.45) is 5.10 Å². The van der Waals surface area contributed by atoms with E-state index in [1.165, 1.54) is 24.5 Å². The number of nitrogens with one attached hydrogen (secondary N) is 1. The Kier molecular flexibility index (Phi) is 8.17. The first-order chi connectivity index (χ1) is 21.2. The predicted molar refractivity (Wildman–Crippen MR) is 158 cm³/mol. The molecule has 10 nitrogen and oxygen atoms in total. The Morgan fingerprint density at radius 3 is 2.52 bits per heavy atom. The maximum atomic E-state index is 14.0. The molecule has 0 aliphatic carbocycles. The number of alkyl halides is 3. The van der Waals surface area contributed by atoms with Gasteiger partial charge in [0, 0.05) is 60.2 Å². The molecular weight excluding hydrogens is 577 g/mol. The Morgan fingerprint density at radius 1 is 1.02 bits per heavy atom. The molecule has 1 unspecified atom stereocenters. The van der Waals surface area contributed by atoms with Gasteiger partial charge in [0.25, 0.3) is 11.6 Å². The third-order valence-corrected chi connectivity index (χ3v) is 7.56. The van der Waals surface area contributed by atoms with E-state index in [0.717, 1.165) is 36.6 Å². The lowest BCUT2D eigenvalue weighted by Gasteiger charge is -2.33. The number of carbonyl (C=O) groups excluding carboxylic acids is 1. The molecule has 2 N–H and O–H groups in total. The average Bonchev–Trinajstić information content (AvgIpc) is 3.42. The van der Waals surface area contributed by atoms with Gasteiger partial charge in [-0.05, 0) is 30.3 Å². The van der Waals surface area contributed by atoms with Gasteiger partial charge in [-0.1, -0.05) is 30.3 Å². The summed E-state index contributed by atoms with van der Waals surface area (Å²) in [5.41, 5.74) is -2.34. The molecule has 1 amide bonds. The Bertz CT molecular complexity index is 1660. The number of carbonyl (C=O) groups is 1. The van der Waals surface area contributed by atoms with Gasteiger partial charge in [0.1, 0.15) is 12.4 Å². The molecule has 6 rings (SSSR count). The third kappa shape index (κ3) is 5.94. The van der Waals surface area contributed by atoms with Crippen LogP contribution in [-0.4, -0.2) is 82.9 Å². The van der Waals surface area contributed by atoms with E-state index < -0.39 is 24.2 Å². The summed E-state index contributed by atoms with van der Waals surface area (Å²) in [6.45, 7) is 4.43. The summed E-state index contributed by atoms with van der Waals surface area (Å²) in [5.74, 6) is -0.0987. The number of hydrogen-bond acceptors (Lipinski definition) is 9. The number of nitrogens with zero attached hydrogens (tertiary/aromatic N) is 5. The largest absolute Gasteiger partial charge is 0.492 e. The van der Waals surface area contributed by atoms with Gasteiger partial charge in [0.15, 0.2) is 5.82 Å². The van der Waals surface area contributed by atoms with E-state index in [0.29, 0.717) is 41.8 Å². The zero-order valence-corrected chi connectivity index (χ0v) is 23.5. The molecule has 44 heavy (non-hydrogen) atoms. The van der Waals surface area contributed by atoms with Crippen LogP contribution in [-0.2, 0) is 4.74 Å². The molecular formula is C31H29F3N6O4. The topological polar surface area (TPSA) is 112 Å². The molecule has 2 aromatic carbocycles. The van der Waals surface area contributed by atoms with Crippen LogP contribution in [0.15, 0.2) is 84.4 Å². The number of aliphatic hydroxyl groups is 1. The molecule has 2 aliphatic heterocycles. The average molecular weight is 607 g/mol. The SMILES string of the molecule is O=C(Nc1ccc(OCCN2CCOCC2)c2ccccc12)c1ccc(N2N=C(c3cccnc3)CC2(O)C(F)(F)F)nc1. The lowest BCUT2D eigenvalue weighted by molar-refractivity contribution is -0.254. The summed E-state index contributed by atoms with van der Waals surface area (Å²) in [7, 11) is 0. The van der Waals surface area contributed by atoms with Gasteiger partial charge < -0.3 is 19.9 Å². The van der Waals surface area contributed by atoms with Gasteiger partial charge in [0.05, 0.1) is 30.9 Å². The van der Waals surface area contributed by atoms with Gasteiger partial charge in [0.2, 0.25) is 0 Å². The van der Waals surface area contributed by atoms with Crippen molar-refractivity contribution in [2.45, 2.75) is 18.3 Å². The van der Waals surface area contributed by atoms with Gasteiger partial charge in [-0.15, -0.1) is 0 Å². The fraction of sp³-hybridized carbons (Fsp3) is 0.290. The van der Waals surface area contributed by atoms with Gasteiger partial charge in [-0.3, -0.25) is 14.7 Å². The Hall–Kier alpha value is -4.59. The molecule has 2 aliphatic rings. The van der Waals surface area contributed by atoms with Gasteiger partial charge >= 0.3 is 6.18 Å². The predicted octanol–water partition coefficient (Wildman–Crippen LogP) is 4.46. The smallest absolute Gasteiger partial charge is 0.438 e. The van der Waals surface area contributed by atoms with Crippen LogP contribution in [0.3, 0.4) is 0 Å². The van der Waals surface area contributed by atoms with Crippen LogP contribution in [0.5, 0.6) is 5.75 Å². The van der Waals surface area contributed by atoms with Crippen LogP contribution in [0, 0.1) is 0 Å². The van der Waals surface area contributed by atoms with Crippen LogP contribution in [0.4, 0.5) is 24.7 Å². The second kappa shape index (κ2) is 12.2. The van der Waals surface area contributed by atoms with E-state index >= 15 is 0 Å². The van der Waals surface area contributed by atoms with Gasteiger partial charge in [-0.25, -0.2) is 9.99 Å². The quantitative estimate of drug-likeness (QED) is 0.303. The molecule has 0 radical (unpaired) electrons. The van der Waals surface area contributed by atoms with Gasteiger partial charge in [-0.2, -0.15) is 18.3 Å².